The van der Waals surface area contributed by atoms with Gasteiger partial charge in [-0.15, -0.1) is 5.92 Å². The van der Waals surface area contributed by atoms with Crippen molar-refractivity contribution in [3.63, 3.8) is 0 Å². The lowest BCUT2D eigenvalue weighted by molar-refractivity contribution is -0.192. The fraction of sp³-hybridized carbons (Fsp3) is 0.368. The van der Waals surface area contributed by atoms with Gasteiger partial charge in [0.2, 0.25) is 0 Å². The number of carbonyl (C=O) groups excluding carboxylic acids is 1. The number of rotatable bonds is 2. The molecule has 0 fully saturated rings. The van der Waals surface area contributed by atoms with Gasteiger partial charge in [0.15, 0.2) is 5.75 Å². The van der Waals surface area contributed by atoms with Crippen LogP contribution in [-0.2, 0) is 17.9 Å². The Kier molecular flexibility index (Phi) is 4.62. The lowest BCUT2D eigenvalue weighted by Gasteiger charge is -2.32. The van der Waals surface area contributed by atoms with Gasteiger partial charge in [-0.25, -0.2) is 9.07 Å². The fourth-order valence-corrected chi connectivity index (χ4v) is 3.90. The Balaban J connectivity index is 1.92. The van der Waals surface area contributed by atoms with Crippen LogP contribution in [0, 0.1) is 17.7 Å². The van der Waals surface area contributed by atoms with Crippen molar-refractivity contribution in [2.75, 3.05) is 11.4 Å². The molecule has 6 nitrogen and oxygen atoms in total. The Labute approximate surface area is 168 Å². The van der Waals surface area contributed by atoms with Gasteiger partial charge in [-0.3, -0.25) is 19.2 Å². The maximum atomic E-state index is 14.8. The highest BCUT2D eigenvalue weighted by Crippen LogP contribution is 2.43. The highest BCUT2D eigenvalue weighted by atomic mass is 35.5. The van der Waals surface area contributed by atoms with Crippen molar-refractivity contribution < 1.29 is 22.7 Å². The van der Waals surface area contributed by atoms with Crippen LogP contribution in [0.25, 0.3) is 11.1 Å². The van der Waals surface area contributed by atoms with Crippen LogP contribution in [0.1, 0.15) is 19.8 Å². The largest absolute Gasteiger partial charge is 0.483 e. The number of aromatic nitrogens is 2. The molecule has 0 aliphatic carbocycles. The smallest absolute Gasteiger partial charge is 0.423 e. The van der Waals surface area contributed by atoms with E-state index in [9.17, 15) is 22.8 Å². The predicted octanol–water partition coefficient (Wildman–Crippen LogP) is 3.24. The number of anilines is 1. The third kappa shape index (κ3) is 2.99. The highest BCUT2D eigenvalue weighted by molar-refractivity contribution is 6.32. The van der Waals surface area contributed by atoms with Crippen LogP contribution in [-0.4, -0.2) is 27.9 Å². The predicted molar refractivity (Wildman–Crippen MR) is 99.7 cm³/mol. The molecule has 3 heterocycles. The van der Waals surface area contributed by atoms with E-state index >= 15 is 0 Å². The van der Waals surface area contributed by atoms with E-state index in [1.807, 2.05) is 0 Å². The van der Waals surface area contributed by atoms with E-state index in [0.29, 0.717) is 18.0 Å². The van der Waals surface area contributed by atoms with Gasteiger partial charge in [0.25, 0.3) is 5.56 Å². The third-order valence-electron chi connectivity index (χ3n) is 4.92. The second-order valence-corrected chi connectivity index (χ2v) is 7.02. The summed E-state index contributed by atoms with van der Waals surface area (Å²) in [5.74, 6) is 1.96. The minimum absolute atomic E-state index is 0.0573. The van der Waals surface area contributed by atoms with Crippen molar-refractivity contribution >= 4 is 23.2 Å². The van der Waals surface area contributed by atoms with E-state index in [0.717, 1.165) is 25.0 Å². The van der Waals surface area contributed by atoms with E-state index in [2.05, 4.69) is 16.6 Å². The SMILES string of the molecule is CC#CCN1C(=O)C(F)(F)Oc2cc(F)c(-c3c(Cl)n4n(c3=O)CCCC4)cc21. The molecule has 0 bridgehead atoms. The topological polar surface area (TPSA) is 56.5 Å². The molecule has 0 saturated heterocycles. The molecule has 10 heteroatoms. The normalized spacial score (nSPS) is 17.1. The van der Waals surface area contributed by atoms with E-state index in [1.54, 1.807) is 4.68 Å². The summed E-state index contributed by atoms with van der Waals surface area (Å²) in [6.07, 6.45) is -2.54. The van der Waals surface area contributed by atoms with Gasteiger partial charge in [-0.05, 0) is 25.8 Å². The van der Waals surface area contributed by atoms with Gasteiger partial charge < -0.3 is 4.74 Å². The summed E-state index contributed by atoms with van der Waals surface area (Å²) in [7, 11) is 0. The maximum Gasteiger partial charge on any atom is 0.483 e. The molecule has 152 valence electrons. The zero-order chi connectivity index (χ0) is 20.9. The molecular weight excluding hydrogens is 411 g/mol. The zero-order valence-electron chi connectivity index (χ0n) is 15.3. The van der Waals surface area contributed by atoms with Crippen LogP contribution < -0.4 is 15.2 Å². The average molecular weight is 426 g/mol. The van der Waals surface area contributed by atoms with Gasteiger partial charge >= 0.3 is 12.0 Å². The van der Waals surface area contributed by atoms with Gasteiger partial charge in [0.05, 0.1) is 17.8 Å². The van der Waals surface area contributed by atoms with Crippen LogP contribution in [0.15, 0.2) is 16.9 Å². The molecule has 2 aliphatic heterocycles. The number of amides is 1. The molecule has 0 radical (unpaired) electrons. The quantitative estimate of drug-likeness (QED) is 0.694. The summed E-state index contributed by atoms with van der Waals surface area (Å²) in [4.78, 5) is 25.7. The first-order valence-electron chi connectivity index (χ1n) is 8.87. The first-order valence-corrected chi connectivity index (χ1v) is 9.25. The van der Waals surface area contributed by atoms with E-state index < -0.39 is 29.1 Å². The number of alkyl halides is 2. The number of ether oxygens (including phenoxy) is 1. The Morgan fingerprint density at radius 3 is 2.55 bits per heavy atom. The molecule has 4 rings (SSSR count). The number of hydrogen-bond donors (Lipinski definition) is 0. The summed E-state index contributed by atoms with van der Waals surface area (Å²) < 4.78 is 50.1. The summed E-state index contributed by atoms with van der Waals surface area (Å²) in [5.41, 5.74) is -0.865. The molecule has 1 aromatic heterocycles. The molecule has 0 unspecified atom stereocenters. The number of halogens is 4. The highest BCUT2D eigenvalue weighted by Gasteiger charge is 2.50. The van der Waals surface area contributed by atoms with Gasteiger partial charge in [-0.1, -0.05) is 17.5 Å². The standard InChI is InChI=1S/C19H15ClF3N3O3/c1-2-3-6-24-13-9-11(12(21)10-14(13)29-19(22,23)18(24)28)15-16(20)25-7-4-5-8-26(25)17(15)27/h9-10H,4-8H2,1H3. The zero-order valence-corrected chi connectivity index (χ0v) is 16.0. The minimum Gasteiger partial charge on any atom is -0.423 e. The molecular formula is C19H15ClF3N3O3. The van der Waals surface area contributed by atoms with E-state index in [4.69, 9.17) is 11.6 Å². The monoisotopic (exact) mass is 425 g/mol. The van der Waals surface area contributed by atoms with Crippen molar-refractivity contribution in [2.45, 2.75) is 39.0 Å². The van der Waals surface area contributed by atoms with Crippen molar-refractivity contribution in [3.05, 3.63) is 33.5 Å². The summed E-state index contributed by atoms with van der Waals surface area (Å²) in [6, 6.07) is 1.86. The Bertz CT molecular complexity index is 1140. The fourth-order valence-electron chi connectivity index (χ4n) is 3.54. The van der Waals surface area contributed by atoms with Gasteiger partial charge in [0, 0.05) is 24.7 Å². The molecule has 0 saturated carbocycles. The lowest BCUT2D eigenvalue weighted by Crippen LogP contribution is -2.51. The van der Waals surface area contributed by atoms with Gasteiger partial charge in [0.1, 0.15) is 11.0 Å². The molecule has 1 aromatic carbocycles. The molecule has 0 N–H and O–H groups in total. The van der Waals surface area contributed by atoms with Crippen molar-refractivity contribution in [1.29, 1.82) is 0 Å². The van der Waals surface area contributed by atoms with E-state index in [1.165, 1.54) is 11.6 Å². The molecule has 0 atom stereocenters. The lowest BCUT2D eigenvalue weighted by atomic mass is 10.1. The Morgan fingerprint density at radius 1 is 1.21 bits per heavy atom. The maximum absolute atomic E-state index is 14.8. The average Bonchev–Trinajstić information content (AvgIpc) is 2.93. The molecule has 1 amide bonds. The Hall–Kier alpha value is -2.86. The third-order valence-corrected chi connectivity index (χ3v) is 5.30. The second-order valence-electron chi connectivity index (χ2n) is 6.66. The number of carbonyl (C=O) groups is 1. The number of benzene rings is 1. The van der Waals surface area contributed by atoms with Crippen LogP contribution in [0.5, 0.6) is 5.75 Å². The molecule has 0 spiro atoms. The molecule has 2 aromatic rings. The van der Waals surface area contributed by atoms with Gasteiger partial charge in [-0.2, -0.15) is 8.78 Å². The first-order chi connectivity index (χ1) is 13.8. The second kappa shape index (κ2) is 6.88. The number of nitrogens with zero attached hydrogens (tertiary/aromatic N) is 3. The van der Waals surface area contributed by atoms with Crippen LogP contribution in [0.4, 0.5) is 18.9 Å². The Morgan fingerprint density at radius 2 is 1.90 bits per heavy atom. The van der Waals surface area contributed by atoms with Crippen LogP contribution in [0.2, 0.25) is 5.15 Å². The van der Waals surface area contributed by atoms with Crippen molar-refractivity contribution in [3.8, 4) is 28.7 Å². The van der Waals surface area contributed by atoms with Crippen molar-refractivity contribution in [2.24, 2.45) is 0 Å². The summed E-state index contributed by atoms with van der Waals surface area (Å²) in [5, 5.41) is 0.0573. The molecule has 29 heavy (non-hydrogen) atoms. The van der Waals surface area contributed by atoms with Crippen molar-refractivity contribution in [1.82, 2.24) is 9.36 Å². The summed E-state index contributed by atoms with van der Waals surface area (Å²) in [6.45, 7) is 2.10. The van der Waals surface area contributed by atoms with Crippen LogP contribution in [0.3, 0.4) is 0 Å². The van der Waals surface area contributed by atoms with E-state index in [-0.39, 0.29) is 28.5 Å². The first kappa shape index (κ1) is 19.5. The van der Waals surface area contributed by atoms with Crippen LogP contribution >= 0.6 is 11.6 Å². The minimum atomic E-state index is -4.15. The number of fused-ring (bicyclic) bond motifs is 2. The summed E-state index contributed by atoms with van der Waals surface area (Å²) >= 11 is 6.35. The molecule has 2 aliphatic rings. The number of hydrogen-bond acceptors (Lipinski definition) is 3.